The predicted molar refractivity (Wildman–Crippen MR) is 68.9 cm³/mol. The highest BCUT2D eigenvalue weighted by Gasteiger charge is 2.29. The fourth-order valence-corrected chi connectivity index (χ4v) is 2.37. The topological polar surface area (TPSA) is 95.3 Å². The number of aryl methyl sites for hydroxylation is 1. The van der Waals surface area contributed by atoms with Gasteiger partial charge < -0.3 is 15.5 Å². The lowest BCUT2D eigenvalue weighted by Crippen LogP contribution is -2.42. The van der Waals surface area contributed by atoms with Gasteiger partial charge in [-0.2, -0.15) is 0 Å². The van der Waals surface area contributed by atoms with Crippen molar-refractivity contribution in [1.29, 1.82) is 0 Å². The van der Waals surface area contributed by atoms with Crippen molar-refractivity contribution in [3.8, 4) is 0 Å². The van der Waals surface area contributed by atoms with Gasteiger partial charge in [-0.15, -0.1) is 11.3 Å². The zero-order valence-electron chi connectivity index (χ0n) is 9.97. The number of carboxylic acids is 1. The standard InChI is InChI=1S/C11H13N3O3S/c1-6-3-18-9-7(6)8(13-5-14-9)12-4-11(2,17)10(15)16/h3,5,17H,4H2,1-2H3,(H,15,16)(H,12,13,14). The molecule has 0 bridgehead atoms. The first-order chi connectivity index (χ1) is 8.42. The SMILES string of the molecule is Cc1csc2ncnc(NCC(C)(O)C(=O)O)c12. The van der Waals surface area contributed by atoms with Crippen LogP contribution in [0.25, 0.3) is 10.2 Å². The molecule has 0 fully saturated rings. The maximum absolute atomic E-state index is 10.8. The Bertz CT molecular complexity index is 594. The highest BCUT2D eigenvalue weighted by molar-refractivity contribution is 7.17. The van der Waals surface area contributed by atoms with Crippen LogP contribution in [0, 0.1) is 6.92 Å². The van der Waals surface area contributed by atoms with E-state index in [9.17, 15) is 9.90 Å². The van der Waals surface area contributed by atoms with E-state index in [-0.39, 0.29) is 6.54 Å². The Morgan fingerprint density at radius 3 is 2.94 bits per heavy atom. The van der Waals surface area contributed by atoms with Gasteiger partial charge >= 0.3 is 5.97 Å². The summed E-state index contributed by atoms with van der Waals surface area (Å²) in [6.45, 7) is 3.05. The summed E-state index contributed by atoms with van der Waals surface area (Å²) in [6, 6.07) is 0. The van der Waals surface area contributed by atoms with Crippen LogP contribution in [0.15, 0.2) is 11.7 Å². The molecule has 0 aliphatic carbocycles. The monoisotopic (exact) mass is 267 g/mol. The van der Waals surface area contributed by atoms with Crippen molar-refractivity contribution >= 4 is 33.3 Å². The maximum Gasteiger partial charge on any atom is 0.337 e. The van der Waals surface area contributed by atoms with Crippen LogP contribution in [0.4, 0.5) is 5.82 Å². The lowest BCUT2D eigenvalue weighted by molar-refractivity contribution is -0.155. The van der Waals surface area contributed by atoms with E-state index in [2.05, 4.69) is 15.3 Å². The first-order valence-corrected chi connectivity index (χ1v) is 6.18. The third-order valence-electron chi connectivity index (χ3n) is 2.61. The summed E-state index contributed by atoms with van der Waals surface area (Å²) in [6.07, 6.45) is 1.41. The Kier molecular flexibility index (Phi) is 3.18. The molecule has 0 aromatic carbocycles. The predicted octanol–water partition coefficient (Wildman–Crippen LogP) is 1.25. The average molecular weight is 267 g/mol. The van der Waals surface area contributed by atoms with Crippen molar-refractivity contribution in [2.24, 2.45) is 0 Å². The molecule has 2 rings (SSSR count). The molecule has 0 radical (unpaired) electrons. The second-order valence-electron chi connectivity index (χ2n) is 4.25. The third kappa shape index (κ3) is 2.27. The zero-order chi connectivity index (χ0) is 13.3. The molecule has 0 amide bonds. The van der Waals surface area contributed by atoms with Gasteiger partial charge in [0.25, 0.3) is 0 Å². The summed E-state index contributed by atoms with van der Waals surface area (Å²) >= 11 is 1.50. The van der Waals surface area contributed by atoms with Crippen LogP contribution in [0.2, 0.25) is 0 Å². The van der Waals surface area contributed by atoms with E-state index in [1.54, 1.807) is 0 Å². The molecular weight excluding hydrogens is 254 g/mol. The van der Waals surface area contributed by atoms with E-state index in [1.807, 2.05) is 12.3 Å². The number of aromatic nitrogens is 2. The van der Waals surface area contributed by atoms with Gasteiger partial charge in [-0.1, -0.05) is 0 Å². The van der Waals surface area contributed by atoms with E-state index >= 15 is 0 Å². The fourth-order valence-electron chi connectivity index (χ4n) is 1.48. The lowest BCUT2D eigenvalue weighted by Gasteiger charge is -2.18. The minimum Gasteiger partial charge on any atom is -0.479 e. The number of thiophene rings is 1. The quantitative estimate of drug-likeness (QED) is 0.771. The molecule has 18 heavy (non-hydrogen) atoms. The van der Waals surface area contributed by atoms with E-state index in [4.69, 9.17) is 5.11 Å². The summed E-state index contributed by atoms with van der Waals surface area (Å²) < 4.78 is 0. The number of hydrogen-bond donors (Lipinski definition) is 3. The molecule has 96 valence electrons. The van der Waals surface area contributed by atoms with E-state index in [1.165, 1.54) is 24.6 Å². The fraction of sp³-hybridized carbons (Fsp3) is 0.364. The molecule has 0 spiro atoms. The molecule has 1 unspecified atom stereocenters. The van der Waals surface area contributed by atoms with Crippen LogP contribution in [-0.2, 0) is 4.79 Å². The molecule has 0 saturated heterocycles. The number of carboxylic acid groups (broad SMARTS) is 1. The summed E-state index contributed by atoms with van der Waals surface area (Å²) in [7, 11) is 0. The number of aliphatic carboxylic acids is 1. The molecule has 7 heteroatoms. The molecule has 2 heterocycles. The normalized spacial score (nSPS) is 14.4. The minimum atomic E-state index is -1.83. The number of carbonyl (C=O) groups is 1. The van der Waals surface area contributed by atoms with Crippen molar-refractivity contribution in [2.45, 2.75) is 19.4 Å². The Hall–Kier alpha value is -1.73. The second-order valence-corrected chi connectivity index (χ2v) is 5.11. The average Bonchev–Trinajstić information content (AvgIpc) is 2.69. The van der Waals surface area contributed by atoms with Crippen LogP contribution in [0.5, 0.6) is 0 Å². The van der Waals surface area contributed by atoms with Gasteiger partial charge in [-0.05, 0) is 24.8 Å². The highest BCUT2D eigenvalue weighted by atomic mass is 32.1. The second kappa shape index (κ2) is 4.51. The van der Waals surface area contributed by atoms with Crippen molar-refractivity contribution in [1.82, 2.24) is 9.97 Å². The molecule has 1 atom stereocenters. The molecule has 0 aliphatic rings. The molecule has 0 saturated carbocycles. The van der Waals surface area contributed by atoms with E-state index in [0.29, 0.717) is 5.82 Å². The largest absolute Gasteiger partial charge is 0.479 e. The Morgan fingerprint density at radius 2 is 2.28 bits per heavy atom. The maximum atomic E-state index is 10.8. The summed E-state index contributed by atoms with van der Waals surface area (Å²) in [4.78, 5) is 19.8. The van der Waals surface area contributed by atoms with Gasteiger partial charge in [-0.3, -0.25) is 0 Å². The number of aliphatic hydroxyl groups is 1. The van der Waals surface area contributed by atoms with Crippen LogP contribution < -0.4 is 5.32 Å². The summed E-state index contributed by atoms with van der Waals surface area (Å²) in [5, 5.41) is 24.2. The lowest BCUT2D eigenvalue weighted by atomic mass is 10.1. The van der Waals surface area contributed by atoms with Crippen LogP contribution in [-0.4, -0.2) is 38.3 Å². The summed E-state index contributed by atoms with van der Waals surface area (Å²) in [5.41, 5.74) is -0.811. The number of nitrogens with zero attached hydrogens (tertiary/aromatic N) is 2. The van der Waals surface area contributed by atoms with Crippen molar-refractivity contribution in [3.63, 3.8) is 0 Å². The Morgan fingerprint density at radius 1 is 1.56 bits per heavy atom. The zero-order valence-corrected chi connectivity index (χ0v) is 10.8. The van der Waals surface area contributed by atoms with Gasteiger partial charge in [0.1, 0.15) is 17.0 Å². The smallest absolute Gasteiger partial charge is 0.337 e. The number of anilines is 1. The third-order valence-corrected chi connectivity index (χ3v) is 3.62. The molecular formula is C11H13N3O3S. The number of nitrogens with one attached hydrogen (secondary N) is 1. The Balaban J connectivity index is 2.27. The van der Waals surface area contributed by atoms with Gasteiger partial charge in [0, 0.05) is 0 Å². The van der Waals surface area contributed by atoms with Gasteiger partial charge in [0.2, 0.25) is 0 Å². The minimum absolute atomic E-state index is 0.121. The molecule has 6 nitrogen and oxygen atoms in total. The van der Waals surface area contributed by atoms with Gasteiger partial charge in [0.05, 0.1) is 11.9 Å². The summed E-state index contributed by atoms with van der Waals surface area (Å²) in [5.74, 6) is -0.734. The van der Waals surface area contributed by atoms with E-state index in [0.717, 1.165) is 15.8 Å². The van der Waals surface area contributed by atoms with Crippen LogP contribution in [0.3, 0.4) is 0 Å². The van der Waals surface area contributed by atoms with Crippen LogP contribution >= 0.6 is 11.3 Å². The van der Waals surface area contributed by atoms with Crippen LogP contribution in [0.1, 0.15) is 12.5 Å². The highest BCUT2D eigenvalue weighted by Crippen LogP contribution is 2.28. The first-order valence-electron chi connectivity index (χ1n) is 5.30. The van der Waals surface area contributed by atoms with Crippen molar-refractivity contribution in [2.75, 3.05) is 11.9 Å². The number of fused-ring (bicyclic) bond motifs is 1. The van der Waals surface area contributed by atoms with Crippen molar-refractivity contribution in [3.05, 3.63) is 17.3 Å². The van der Waals surface area contributed by atoms with Gasteiger partial charge in [0.15, 0.2) is 5.60 Å². The molecule has 2 aromatic rings. The molecule has 0 aliphatic heterocycles. The first kappa shape index (κ1) is 12.7. The number of rotatable bonds is 4. The number of hydrogen-bond acceptors (Lipinski definition) is 6. The molecule has 3 N–H and O–H groups in total. The van der Waals surface area contributed by atoms with E-state index < -0.39 is 11.6 Å². The molecule has 2 aromatic heterocycles. The Labute approximate surface area is 107 Å². The van der Waals surface area contributed by atoms with Gasteiger partial charge in [-0.25, -0.2) is 14.8 Å². The van der Waals surface area contributed by atoms with Crippen molar-refractivity contribution < 1.29 is 15.0 Å².